The highest BCUT2D eigenvalue weighted by atomic mass is 32.2. The van der Waals surface area contributed by atoms with Crippen LogP contribution < -0.4 is 11.5 Å². The second kappa shape index (κ2) is 6.24. The van der Waals surface area contributed by atoms with Crippen molar-refractivity contribution >= 4 is 42.6 Å². The molecule has 0 fully saturated rings. The molecule has 0 heterocycles. The number of benzene rings is 2. The Balaban J connectivity index is 2.79. The van der Waals surface area contributed by atoms with Crippen LogP contribution in [0.1, 0.15) is 11.1 Å². The molecule has 0 atom stereocenters. The third-order valence-corrected chi connectivity index (χ3v) is 4.85. The zero-order valence-corrected chi connectivity index (χ0v) is 13.8. The summed E-state index contributed by atoms with van der Waals surface area (Å²) in [4.78, 5) is -1.44. The van der Waals surface area contributed by atoms with E-state index in [4.69, 9.17) is 11.5 Å². The van der Waals surface area contributed by atoms with Crippen molar-refractivity contribution in [3.8, 4) is 0 Å². The lowest BCUT2D eigenvalue weighted by atomic mass is 10.1. The number of nitrogen functional groups attached to an aromatic ring is 2. The average Bonchev–Trinajstić information content (AvgIpc) is 2.45. The molecule has 8 nitrogen and oxygen atoms in total. The number of hydrogen-bond donors (Lipinski definition) is 4. The molecule has 0 aliphatic carbocycles. The SMILES string of the molecule is Nc1ccc(C=C(c2ccc(N)cc2S(=O)(=O)O)S(=O)(=O)O)cc1. The fraction of sp³-hybridized carbons (Fsp3) is 0. The van der Waals surface area contributed by atoms with E-state index in [0.29, 0.717) is 11.3 Å². The zero-order chi connectivity index (χ0) is 18.1. The number of nitrogens with two attached hydrogens (primary N) is 2. The first-order chi connectivity index (χ1) is 11.0. The zero-order valence-electron chi connectivity index (χ0n) is 12.1. The summed E-state index contributed by atoms with van der Waals surface area (Å²) in [6.45, 7) is 0. The van der Waals surface area contributed by atoms with Gasteiger partial charge in [0.25, 0.3) is 20.2 Å². The molecule has 0 unspecified atom stereocenters. The van der Waals surface area contributed by atoms with Crippen molar-refractivity contribution in [2.45, 2.75) is 4.90 Å². The molecular formula is C14H14N2O6S2. The van der Waals surface area contributed by atoms with Crippen LogP contribution in [0.25, 0.3) is 11.0 Å². The Hall–Kier alpha value is -2.40. The fourth-order valence-corrected chi connectivity index (χ4v) is 3.54. The maximum absolute atomic E-state index is 11.7. The van der Waals surface area contributed by atoms with E-state index in [1.165, 1.54) is 30.3 Å². The van der Waals surface area contributed by atoms with Gasteiger partial charge in [-0.15, -0.1) is 0 Å². The monoisotopic (exact) mass is 370 g/mol. The Morgan fingerprint density at radius 3 is 1.92 bits per heavy atom. The summed E-state index contributed by atoms with van der Waals surface area (Å²) in [6.07, 6.45) is 1.05. The predicted octanol–water partition coefficient (Wildman–Crippen LogP) is 1.48. The smallest absolute Gasteiger partial charge is 0.295 e. The van der Waals surface area contributed by atoms with Gasteiger partial charge >= 0.3 is 0 Å². The van der Waals surface area contributed by atoms with E-state index in [1.54, 1.807) is 0 Å². The highest BCUT2D eigenvalue weighted by Gasteiger charge is 2.25. The normalized spacial score (nSPS) is 13.0. The van der Waals surface area contributed by atoms with Gasteiger partial charge in [-0.3, -0.25) is 9.11 Å². The molecule has 6 N–H and O–H groups in total. The van der Waals surface area contributed by atoms with Gasteiger partial charge in [-0.1, -0.05) is 18.2 Å². The molecular weight excluding hydrogens is 356 g/mol. The first-order valence-corrected chi connectivity index (χ1v) is 9.28. The minimum atomic E-state index is -4.81. The Bertz CT molecular complexity index is 1010. The first kappa shape index (κ1) is 17.9. The second-order valence-electron chi connectivity index (χ2n) is 4.88. The topological polar surface area (TPSA) is 161 Å². The molecule has 2 aromatic carbocycles. The van der Waals surface area contributed by atoms with Crippen LogP contribution in [0.4, 0.5) is 11.4 Å². The van der Waals surface area contributed by atoms with Gasteiger partial charge in [0.2, 0.25) is 0 Å². The largest absolute Gasteiger partial charge is 0.399 e. The molecule has 0 aliphatic rings. The summed E-state index contributed by atoms with van der Waals surface area (Å²) in [5.74, 6) is 0. The number of anilines is 2. The Labute approximate surface area is 138 Å². The third-order valence-electron chi connectivity index (χ3n) is 3.06. The van der Waals surface area contributed by atoms with E-state index in [0.717, 1.165) is 18.2 Å². The van der Waals surface area contributed by atoms with E-state index >= 15 is 0 Å². The Kier molecular flexibility index (Phi) is 4.67. The Morgan fingerprint density at radius 2 is 1.42 bits per heavy atom. The molecule has 0 saturated carbocycles. The molecule has 2 aromatic rings. The van der Waals surface area contributed by atoms with Gasteiger partial charge in [0, 0.05) is 16.9 Å². The van der Waals surface area contributed by atoms with Crippen molar-refractivity contribution in [2.75, 3.05) is 11.5 Å². The molecule has 0 bridgehead atoms. The lowest BCUT2D eigenvalue weighted by molar-refractivity contribution is 0.483. The highest BCUT2D eigenvalue weighted by molar-refractivity contribution is 7.95. The summed E-state index contributed by atoms with van der Waals surface area (Å²) in [7, 11) is -9.59. The van der Waals surface area contributed by atoms with Crippen molar-refractivity contribution in [2.24, 2.45) is 0 Å². The summed E-state index contributed by atoms with van der Waals surface area (Å²) in [5, 5.41) is 0. The van der Waals surface area contributed by atoms with Gasteiger partial charge in [0.05, 0.1) is 0 Å². The lowest BCUT2D eigenvalue weighted by Crippen LogP contribution is -2.08. The Morgan fingerprint density at radius 1 is 0.875 bits per heavy atom. The fourth-order valence-electron chi connectivity index (χ4n) is 1.99. The van der Waals surface area contributed by atoms with E-state index < -0.39 is 35.6 Å². The highest BCUT2D eigenvalue weighted by Crippen LogP contribution is 2.30. The van der Waals surface area contributed by atoms with E-state index in [1.807, 2.05) is 0 Å². The summed E-state index contributed by atoms with van der Waals surface area (Å²) in [6, 6.07) is 9.17. The van der Waals surface area contributed by atoms with Gasteiger partial charge < -0.3 is 11.5 Å². The van der Waals surface area contributed by atoms with Crippen LogP contribution in [0.2, 0.25) is 0 Å². The van der Waals surface area contributed by atoms with Gasteiger partial charge in [-0.2, -0.15) is 16.8 Å². The van der Waals surface area contributed by atoms with Crippen molar-refractivity contribution in [3.63, 3.8) is 0 Å². The standard InChI is InChI=1S/C14H14N2O6S2/c15-10-3-1-9(2-4-10)7-13(23(17,18)19)12-6-5-11(16)8-14(12)24(20,21)22/h1-8H,15-16H2,(H,17,18,19)(H,20,21,22). The summed E-state index contributed by atoms with van der Waals surface area (Å²) < 4.78 is 65.3. The first-order valence-electron chi connectivity index (χ1n) is 6.40. The molecule has 10 heteroatoms. The minimum Gasteiger partial charge on any atom is -0.399 e. The van der Waals surface area contributed by atoms with Crippen molar-refractivity contribution in [1.82, 2.24) is 0 Å². The quantitative estimate of drug-likeness (QED) is 0.357. The predicted molar refractivity (Wildman–Crippen MR) is 90.9 cm³/mol. The van der Waals surface area contributed by atoms with Crippen LogP contribution in [0.3, 0.4) is 0 Å². The molecule has 2 rings (SSSR count). The van der Waals surface area contributed by atoms with Crippen molar-refractivity contribution in [1.29, 1.82) is 0 Å². The number of rotatable bonds is 4. The average molecular weight is 370 g/mol. The number of hydrogen-bond acceptors (Lipinski definition) is 6. The van der Waals surface area contributed by atoms with Crippen molar-refractivity contribution in [3.05, 3.63) is 53.6 Å². The minimum absolute atomic E-state index is 0.00597. The van der Waals surface area contributed by atoms with Gasteiger partial charge in [0.1, 0.15) is 9.80 Å². The molecule has 0 aromatic heterocycles. The van der Waals surface area contributed by atoms with E-state index in [2.05, 4.69) is 0 Å². The molecule has 0 spiro atoms. The van der Waals surface area contributed by atoms with Crippen LogP contribution in [0.15, 0.2) is 47.4 Å². The molecule has 0 amide bonds. The van der Waals surface area contributed by atoms with Gasteiger partial charge in [0.15, 0.2) is 0 Å². The third kappa shape index (κ3) is 4.11. The van der Waals surface area contributed by atoms with Crippen LogP contribution in [0, 0.1) is 0 Å². The maximum Gasteiger partial charge on any atom is 0.295 e. The second-order valence-corrected chi connectivity index (χ2v) is 7.66. The van der Waals surface area contributed by atoms with Crippen LogP contribution >= 0.6 is 0 Å². The molecule has 0 aliphatic heterocycles. The van der Waals surface area contributed by atoms with Gasteiger partial charge in [-0.25, -0.2) is 0 Å². The van der Waals surface area contributed by atoms with Crippen molar-refractivity contribution < 1.29 is 25.9 Å². The molecule has 0 saturated heterocycles. The van der Waals surface area contributed by atoms with Gasteiger partial charge in [-0.05, 0) is 35.9 Å². The summed E-state index contributed by atoms with van der Waals surface area (Å²) >= 11 is 0. The molecule has 0 radical (unpaired) electrons. The maximum atomic E-state index is 11.7. The lowest BCUT2D eigenvalue weighted by Gasteiger charge is -2.10. The van der Waals surface area contributed by atoms with Crippen LogP contribution in [-0.4, -0.2) is 25.9 Å². The van der Waals surface area contributed by atoms with Crippen LogP contribution in [-0.2, 0) is 20.2 Å². The molecule has 128 valence electrons. The summed E-state index contributed by atoms with van der Waals surface area (Å²) in [5.41, 5.74) is 11.4. The van der Waals surface area contributed by atoms with E-state index in [9.17, 15) is 25.9 Å². The van der Waals surface area contributed by atoms with Crippen LogP contribution in [0.5, 0.6) is 0 Å². The van der Waals surface area contributed by atoms with E-state index in [-0.39, 0.29) is 5.69 Å². The molecule has 24 heavy (non-hydrogen) atoms.